The topological polar surface area (TPSA) is 0 Å². The molecule has 4 aromatic carbocycles. The molecule has 0 radical (unpaired) electrons. The molecule has 0 nitrogen and oxygen atoms in total. The quantitative estimate of drug-likeness (QED) is 0.261. The molecule has 9 atom stereocenters. The van der Waals surface area contributed by atoms with Crippen molar-refractivity contribution in [3.63, 3.8) is 0 Å². The molecule has 0 spiro atoms. The average Bonchev–Trinajstić information content (AvgIpc) is 3.44. The number of benzene rings is 4. The zero-order chi connectivity index (χ0) is 22.1. The zero-order valence-corrected chi connectivity index (χ0v) is 20.7. The third-order valence-electron chi connectivity index (χ3n) is 10.2. The van der Waals surface area contributed by atoms with Crippen molar-refractivity contribution in [2.45, 2.75) is 27.5 Å². The van der Waals surface area contributed by atoms with Gasteiger partial charge in [-0.15, -0.1) is 0 Å². The Hall–Kier alpha value is -2.26. The summed E-state index contributed by atoms with van der Waals surface area (Å²) < 4.78 is 0. The molecule has 9 unspecified atom stereocenters. The second kappa shape index (κ2) is 6.10. The SMILES string of the molecule is c1ccc(C2C3C4C5CC3(c3ccccc3)P3P2C4(c2ccccc2)C53c2ccccc2)cc1. The molecule has 2 heteroatoms. The minimum absolute atomic E-state index is 0.0999. The van der Waals surface area contributed by atoms with E-state index in [1.807, 2.05) is 0 Å². The summed E-state index contributed by atoms with van der Waals surface area (Å²) in [7, 11) is -0.209. The van der Waals surface area contributed by atoms with Gasteiger partial charge >= 0.3 is 0 Å². The second-order valence-corrected chi connectivity index (χ2v) is 17.5. The van der Waals surface area contributed by atoms with Gasteiger partial charge in [-0.3, -0.25) is 0 Å². The molecular formula is C32H26P2. The highest BCUT2D eigenvalue weighted by atomic mass is 32.1. The van der Waals surface area contributed by atoms with E-state index in [9.17, 15) is 0 Å². The van der Waals surface area contributed by atoms with E-state index in [1.165, 1.54) is 6.42 Å². The van der Waals surface area contributed by atoms with Crippen LogP contribution in [-0.4, -0.2) is 0 Å². The standard InChI is InChI=1S/C32H26P2/c1-5-13-22(14-6-1)29-28-27-26-21-30(28,23-15-7-2-8-16-23)34-31(26,24-17-9-3-10-18-24)32(27,33(29)34)25-19-11-4-12-20-25/h1-20,26-29H,21H2. The average molecular weight is 473 g/mol. The summed E-state index contributed by atoms with van der Waals surface area (Å²) in [6, 6.07) is 47.1. The normalized spacial score (nSPS) is 43.5. The molecule has 0 aromatic heterocycles. The van der Waals surface area contributed by atoms with Gasteiger partial charge in [-0.1, -0.05) is 137 Å². The van der Waals surface area contributed by atoms with Crippen molar-refractivity contribution in [1.29, 1.82) is 0 Å². The van der Waals surface area contributed by atoms with E-state index in [0.717, 1.165) is 23.4 Å². The van der Waals surface area contributed by atoms with Crippen molar-refractivity contribution >= 4 is 15.2 Å². The van der Waals surface area contributed by atoms with E-state index in [-0.39, 0.29) is 15.2 Å². The van der Waals surface area contributed by atoms with Gasteiger partial charge in [0.15, 0.2) is 0 Å². The van der Waals surface area contributed by atoms with Gasteiger partial charge in [-0.25, -0.2) is 0 Å². The first-order chi connectivity index (χ1) is 16.9. The molecule has 2 saturated carbocycles. The van der Waals surface area contributed by atoms with E-state index in [1.54, 1.807) is 22.3 Å². The summed E-state index contributed by atoms with van der Waals surface area (Å²) in [6.07, 6.45) is 1.42. The molecule has 164 valence electrons. The fourth-order valence-electron chi connectivity index (χ4n) is 9.81. The largest absolute Gasteiger partial charge is 0.0622 e. The Morgan fingerprint density at radius 1 is 0.529 bits per heavy atom. The molecule has 4 heterocycles. The molecule has 0 amide bonds. The molecule has 2 aliphatic carbocycles. The van der Waals surface area contributed by atoms with Gasteiger partial charge < -0.3 is 0 Å². The molecule has 34 heavy (non-hydrogen) atoms. The maximum absolute atomic E-state index is 2.49. The van der Waals surface area contributed by atoms with Crippen LogP contribution in [-0.2, 0) is 15.5 Å². The van der Waals surface area contributed by atoms with E-state index < -0.39 is 0 Å². The van der Waals surface area contributed by atoms with Crippen LogP contribution in [0.1, 0.15) is 34.3 Å². The molecule has 6 aliphatic rings. The van der Waals surface area contributed by atoms with Gasteiger partial charge in [0.1, 0.15) is 0 Å². The molecule has 4 aliphatic heterocycles. The van der Waals surface area contributed by atoms with Crippen molar-refractivity contribution in [1.82, 2.24) is 0 Å². The van der Waals surface area contributed by atoms with Crippen LogP contribution in [0.2, 0.25) is 0 Å². The minimum atomic E-state index is -0.109. The highest BCUT2D eigenvalue weighted by Gasteiger charge is 3.03. The van der Waals surface area contributed by atoms with Crippen molar-refractivity contribution in [2.24, 2.45) is 17.8 Å². The number of rotatable bonds is 4. The highest BCUT2D eigenvalue weighted by Crippen LogP contribution is 3.27. The first kappa shape index (κ1) is 19.0. The summed E-state index contributed by atoms with van der Waals surface area (Å²) in [4.78, 5) is 0. The van der Waals surface area contributed by atoms with Crippen LogP contribution < -0.4 is 0 Å². The summed E-state index contributed by atoms with van der Waals surface area (Å²) in [5.74, 6) is 2.49. The molecule has 0 N–H and O–H groups in total. The molecule has 4 saturated heterocycles. The summed E-state index contributed by atoms with van der Waals surface area (Å²) >= 11 is 0. The summed E-state index contributed by atoms with van der Waals surface area (Å²) in [5.41, 5.74) is 7.39. The lowest BCUT2D eigenvalue weighted by atomic mass is 9.50. The zero-order valence-electron chi connectivity index (χ0n) is 19.0. The van der Waals surface area contributed by atoms with Gasteiger partial charge in [0, 0.05) is 21.1 Å². The molecule has 6 fully saturated rings. The third kappa shape index (κ3) is 1.66. The van der Waals surface area contributed by atoms with Gasteiger partial charge in [0.05, 0.1) is 0 Å². The minimum Gasteiger partial charge on any atom is -0.0622 e. The molecule has 4 bridgehead atoms. The fraction of sp³-hybridized carbons (Fsp3) is 0.250. The van der Waals surface area contributed by atoms with Gasteiger partial charge in [0.2, 0.25) is 0 Å². The van der Waals surface area contributed by atoms with Crippen LogP contribution in [0.5, 0.6) is 0 Å². The Kier molecular flexibility index (Phi) is 3.41. The van der Waals surface area contributed by atoms with Crippen molar-refractivity contribution in [2.75, 3.05) is 0 Å². The van der Waals surface area contributed by atoms with Crippen molar-refractivity contribution < 1.29 is 0 Å². The number of hydrogen-bond donors (Lipinski definition) is 0. The molecule has 10 rings (SSSR count). The predicted molar refractivity (Wildman–Crippen MR) is 142 cm³/mol. The number of hydrogen-bond acceptors (Lipinski definition) is 0. The Bertz CT molecular complexity index is 1380. The van der Waals surface area contributed by atoms with Gasteiger partial charge in [-0.05, 0) is 46.4 Å². The van der Waals surface area contributed by atoms with Crippen LogP contribution in [0.15, 0.2) is 121 Å². The molecular weight excluding hydrogens is 446 g/mol. The Labute approximate surface area is 203 Å². The maximum atomic E-state index is 2.49. The van der Waals surface area contributed by atoms with Crippen LogP contribution in [0.4, 0.5) is 0 Å². The first-order valence-corrected chi connectivity index (χ1v) is 16.1. The monoisotopic (exact) mass is 472 g/mol. The van der Waals surface area contributed by atoms with E-state index in [2.05, 4.69) is 121 Å². The lowest BCUT2D eigenvalue weighted by Gasteiger charge is -2.82. The summed E-state index contributed by atoms with van der Waals surface area (Å²) in [6.45, 7) is 0. The maximum Gasteiger partial charge on any atom is 0.0376 e. The fourth-order valence-corrected chi connectivity index (χ4v) is 26.2. The third-order valence-corrected chi connectivity index (χ3v) is 21.7. The second-order valence-electron chi connectivity index (χ2n) is 10.9. The first-order valence-electron chi connectivity index (χ1n) is 12.7. The smallest absolute Gasteiger partial charge is 0.0376 e. The van der Waals surface area contributed by atoms with E-state index in [4.69, 9.17) is 0 Å². The Morgan fingerprint density at radius 3 is 1.62 bits per heavy atom. The predicted octanol–water partition coefficient (Wildman–Crippen LogP) is 8.60. The highest BCUT2D eigenvalue weighted by molar-refractivity contribution is 8.35. The van der Waals surface area contributed by atoms with Crippen LogP contribution in [0.3, 0.4) is 0 Å². The van der Waals surface area contributed by atoms with Crippen LogP contribution >= 0.6 is 15.2 Å². The Morgan fingerprint density at radius 2 is 1.03 bits per heavy atom. The molecule has 4 aromatic rings. The van der Waals surface area contributed by atoms with Gasteiger partial charge in [0.25, 0.3) is 0 Å². The van der Waals surface area contributed by atoms with Crippen molar-refractivity contribution in [3.05, 3.63) is 144 Å². The van der Waals surface area contributed by atoms with Crippen molar-refractivity contribution in [3.8, 4) is 0 Å². The van der Waals surface area contributed by atoms with E-state index in [0.29, 0.717) is 15.5 Å². The lowest BCUT2D eigenvalue weighted by molar-refractivity contribution is 0.0267. The van der Waals surface area contributed by atoms with Crippen LogP contribution in [0.25, 0.3) is 0 Å². The van der Waals surface area contributed by atoms with Crippen LogP contribution in [0, 0.1) is 17.8 Å². The lowest BCUT2D eigenvalue weighted by Crippen LogP contribution is -2.72. The van der Waals surface area contributed by atoms with Gasteiger partial charge in [-0.2, -0.15) is 0 Å². The van der Waals surface area contributed by atoms with E-state index >= 15 is 0 Å². The Balaban J connectivity index is 1.37. The summed E-state index contributed by atoms with van der Waals surface area (Å²) in [5, 5.41) is 1.20.